The monoisotopic (exact) mass is 332 g/mol. The average Bonchev–Trinajstić information content (AvgIpc) is 2.33. The Balaban J connectivity index is 2.28. The second-order valence-corrected chi connectivity index (χ2v) is 5.60. The number of nitrogens with two attached hydrogens (primary N) is 1. The highest BCUT2D eigenvalue weighted by molar-refractivity contribution is 6.34. The van der Waals surface area contributed by atoms with E-state index >= 15 is 0 Å². The first-order chi connectivity index (χ1) is 9.47. The van der Waals surface area contributed by atoms with Crippen molar-refractivity contribution in [1.29, 1.82) is 0 Å². The summed E-state index contributed by atoms with van der Waals surface area (Å²) >= 11 is 17.8. The van der Waals surface area contributed by atoms with Crippen molar-refractivity contribution < 1.29 is 4.39 Å². The zero-order chi connectivity index (χ0) is 14.7. The second-order valence-electron chi connectivity index (χ2n) is 4.29. The van der Waals surface area contributed by atoms with Crippen molar-refractivity contribution in [3.8, 4) is 0 Å². The predicted octanol–water partition coefficient (Wildman–Crippen LogP) is 4.90. The molecule has 0 saturated carbocycles. The molecule has 0 aliphatic carbocycles. The van der Waals surface area contributed by atoms with E-state index in [0.29, 0.717) is 27.3 Å². The minimum atomic E-state index is -0.417. The van der Waals surface area contributed by atoms with Gasteiger partial charge in [-0.25, -0.2) is 4.39 Å². The van der Waals surface area contributed by atoms with Crippen molar-refractivity contribution in [1.82, 2.24) is 0 Å². The first-order valence-electron chi connectivity index (χ1n) is 5.86. The van der Waals surface area contributed by atoms with Crippen molar-refractivity contribution in [3.63, 3.8) is 0 Å². The van der Waals surface area contributed by atoms with E-state index in [2.05, 4.69) is 5.32 Å². The molecule has 0 amide bonds. The first-order valence-corrected chi connectivity index (χ1v) is 7.00. The maximum atomic E-state index is 13.3. The lowest BCUT2D eigenvalue weighted by atomic mass is 10.1. The molecular weight excluding hydrogens is 322 g/mol. The minimum absolute atomic E-state index is 0.246. The van der Waals surface area contributed by atoms with Gasteiger partial charge < -0.3 is 11.1 Å². The zero-order valence-corrected chi connectivity index (χ0v) is 12.6. The van der Waals surface area contributed by atoms with Gasteiger partial charge in [-0.05, 0) is 42.0 Å². The predicted molar refractivity (Wildman–Crippen MR) is 83.3 cm³/mol. The molecule has 0 aliphatic heterocycles. The Morgan fingerprint density at radius 2 is 1.55 bits per heavy atom. The van der Waals surface area contributed by atoms with Gasteiger partial charge in [-0.1, -0.05) is 34.8 Å². The molecule has 106 valence electrons. The Morgan fingerprint density at radius 3 is 2.10 bits per heavy atom. The van der Waals surface area contributed by atoms with Gasteiger partial charge in [0.05, 0.1) is 6.04 Å². The summed E-state index contributed by atoms with van der Waals surface area (Å²) in [7, 11) is 0. The van der Waals surface area contributed by atoms with Crippen LogP contribution in [0.2, 0.25) is 15.1 Å². The SMILES string of the molecule is NCC(Nc1cc(F)cc(Cl)c1)c1cc(Cl)cc(Cl)c1. The Hall–Kier alpha value is -1.000. The van der Waals surface area contributed by atoms with Crippen LogP contribution in [0.15, 0.2) is 36.4 Å². The smallest absolute Gasteiger partial charge is 0.126 e. The molecule has 0 fully saturated rings. The standard InChI is InChI=1S/C14H12Cl3FN2/c15-9-1-8(2-10(16)3-9)14(7-19)20-13-5-11(17)4-12(18)6-13/h1-6,14,20H,7,19H2. The van der Waals surface area contributed by atoms with Gasteiger partial charge in [0.25, 0.3) is 0 Å². The normalized spacial score (nSPS) is 12.2. The van der Waals surface area contributed by atoms with Gasteiger partial charge >= 0.3 is 0 Å². The van der Waals surface area contributed by atoms with Crippen molar-refractivity contribution in [2.45, 2.75) is 6.04 Å². The third kappa shape index (κ3) is 4.00. The fourth-order valence-corrected chi connectivity index (χ4v) is 2.66. The molecule has 0 aromatic heterocycles. The highest BCUT2D eigenvalue weighted by atomic mass is 35.5. The van der Waals surface area contributed by atoms with E-state index in [-0.39, 0.29) is 6.04 Å². The van der Waals surface area contributed by atoms with Gasteiger partial charge in [0, 0.05) is 27.3 Å². The molecule has 20 heavy (non-hydrogen) atoms. The summed E-state index contributed by atoms with van der Waals surface area (Å²) in [5.41, 5.74) is 7.12. The van der Waals surface area contributed by atoms with Crippen molar-refractivity contribution in [2.24, 2.45) is 5.73 Å². The number of rotatable bonds is 4. The molecule has 1 atom stereocenters. The fourth-order valence-electron chi connectivity index (χ4n) is 1.89. The van der Waals surface area contributed by atoms with Crippen LogP contribution in [0.3, 0.4) is 0 Å². The Kier molecular flexibility index (Phi) is 5.11. The van der Waals surface area contributed by atoms with Crippen LogP contribution in [-0.2, 0) is 0 Å². The van der Waals surface area contributed by atoms with E-state index in [1.54, 1.807) is 24.3 Å². The van der Waals surface area contributed by atoms with Gasteiger partial charge in [0.2, 0.25) is 0 Å². The molecule has 0 saturated heterocycles. The fraction of sp³-hybridized carbons (Fsp3) is 0.143. The van der Waals surface area contributed by atoms with Gasteiger partial charge in [-0.15, -0.1) is 0 Å². The lowest BCUT2D eigenvalue weighted by molar-refractivity contribution is 0.627. The van der Waals surface area contributed by atoms with Crippen LogP contribution in [-0.4, -0.2) is 6.54 Å². The first kappa shape index (κ1) is 15.4. The van der Waals surface area contributed by atoms with E-state index in [4.69, 9.17) is 40.5 Å². The van der Waals surface area contributed by atoms with E-state index < -0.39 is 5.82 Å². The lowest BCUT2D eigenvalue weighted by Gasteiger charge is -2.19. The van der Waals surface area contributed by atoms with Gasteiger partial charge in [-0.3, -0.25) is 0 Å². The molecule has 0 radical (unpaired) electrons. The molecule has 6 heteroatoms. The summed E-state index contributed by atoms with van der Waals surface area (Å²) in [6.07, 6.45) is 0. The van der Waals surface area contributed by atoms with Crippen molar-refractivity contribution in [3.05, 3.63) is 62.8 Å². The van der Waals surface area contributed by atoms with Crippen LogP contribution < -0.4 is 11.1 Å². The molecule has 2 aromatic rings. The molecule has 0 aliphatic rings. The summed E-state index contributed by atoms with van der Waals surface area (Å²) in [4.78, 5) is 0. The molecule has 1 unspecified atom stereocenters. The molecular formula is C14H12Cl3FN2. The van der Waals surface area contributed by atoms with Crippen LogP contribution >= 0.6 is 34.8 Å². The van der Waals surface area contributed by atoms with Crippen LogP contribution in [0, 0.1) is 5.82 Å². The Bertz CT molecular complexity index is 579. The summed E-state index contributed by atoms with van der Waals surface area (Å²) in [5.74, 6) is -0.417. The number of anilines is 1. The largest absolute Gasteiger partial charge is 0.377 e. The van der Waals surface area contributed by atoms with Gasteiger partial charge in [0.15, 0.2) is 0 Å². The molecule has 0 spiro atoms. The second kappa shape index (κ2) is 6.64. The highest BCUT2D eigenvalue weighted by Gasteiger charge is 2.12. The number of hydrogen-bond acceptors (Lipinski definition) is 2. The highest BCUT2D eigenvalue weighted by Crippen LogP contribution is 2.27. The van der Waals surface area contributed by atoms with Gasteiger partial charge in [0.1, 0.15) is 5.82 Å². The number of hydrogen-bond donors (Lipinski definition) is 2. The van der Waals surface area contributed by atoms with E-state index in [0.717, 1.165) is 5.56 Å². The molecule has 2 nitrogen and oxygen atoms in total. The number of nitrogens with one attached hydrogen (secondary N) is 1. The molecule has 0 bridgehead atoms. The summed E-state index contributed by atoms with van der Waals surface area (Å²) < 4.78 is 13.3. The van der Waals surface area contributed by atoms with Gasteiger partial charge in [-0.2, -0.15) is 0 Å². The van der Waals surface area contributed by atoms with Crippen LogP contribution in [0.25, 0.3) is 0 Å². The van der Waals surface area contributed by atoms with Crippen LogP contribution in [0.5, 0.6) is 0 Å². The third-order valence-electron chi connectivity index (χ3n) is 2.73. The summed E-state index contributed by atoms with van der Waals surface area (Å²) in [6, 6.07) is 9.13. The van der Waals surface area contributed by atoms with Crippen LogP contribution in [0.4, 0.5) is 10.1 Å². The molecule has 2 aromatic carbocycles. The average molecular weight is 334 g/mol. The van der Waals surface area contributed by atoms with Crippen molar-refractivity contribution >= 4 is 40.5 Å². The maximum absolute atomic E-state index is 13.3. The Morgan fingerprint density at radius 1 is 0.950 bits per heavy atom. The Labute approximate surface area is 131 Å². The summed E-state index contributed by atoms with van der Waals surface area (Å²) in [5, 5.41) is 4.46. The zero-order valence-electron chi connectivity index (χ0n) is 10.3. The van der Waals surface area contributed by atoms with Crippen LogP contribution in [0.1, 0.15) is 11.6 Å². The topological polar surface area (TPSA) is 38.0 Å². The van der Waals surface area contributed by atoms with E-state index in [9.17, 15) is 4.39 Å². The number of halogens is 4. The molecule has 2 rings (SSSR count). The third-order valence-corrected chi connectivity index (χ3v) is 3.38. The minimum Gasteiger partial charge on any atom is -0.377 e. The number of benzene rings is 2. The van der Waals surface area contributed by atoms with Crippen molar-refractivity contribution in [2.75, 3.05) is 11.9 Å². The molecule has 3 N–H and O–H groups in total. The van der Waals surface area contributed by atoms with E-state index in [1.165, 1.54) is 12.1 Å². The summed E-state index contributed by atoms with van der Waals surface area (Å²) in [6.45, 7) is 0.296. The lowest BCUT2D eigenvalue weighted by Crippen LogP contribution is -2.20. The maximum Gasteiger partial charge on any atom is 0.126 e. The van der Waals surface area contributed by atoms with E-state index in [1.807, 2.05) is 0 Å². The quantitative estimate of drug-likeness (QED) is 0.835. The molecule has 0 heterocycles.